The lowest BCUT2D eigenvalue weighted by atomic mass is 10.2. The number of carbonyl (C=O) groups is 1. The van der Waals surface area contributed by atoms with Gasteiger partial charge in [-0.25, -0.2) is 0 Å². The van der Waals surface area contributed by atoms with Gasteiger partial charge in [-0.3, -0.25) is 4.79 Å². The molecular weight excluding hydrogens is 348 g/mol. The highest BCUT2D eigenvalue weighted by Gasteiger charge is 2.10. The molecule has 0 radical (unpaired) electrons. The highest BCUT2D eigenvalue weighted by Crippen LogP contribution is 2.33. The molecule has 1 N–H and O–H groups in total. The second-order valence-corrected chi connectivity index (χ2v) is 5.55. The van der Waals surface area contributed by atoms with Crippen molar-refractivity contribution in [3.63, 3.8) is 0 Å². The van der Waals surface area contributed by atoms with E-state index in [4.69, 9.17) is 34.8 Å². The van der Waals surface area contributed by atoms with Gasteiger partial charge in [0.2, 0.25) is 5.91 Å². The first-order chi connectivity index (χ1) is 8.04. The van der Waals surface area contributed by atoms with E-state index in [-0.39, 0.29) is 5.91 Å². The maximum atomic E-state index is 11.6. The van der Waals surface area contributed by atoms with Gasteiger partial charge < -0.3 is 5.32 Å². The van der Waals surface area contributed by atoms with E-state index in [1.54, 1.807) is 12.1 Å². The highest BCUT2D eigenvalue weighted by molar-refractivity contribution is 9.10. The van der Waals surface area contributed by atoms with Crippen LogP contribution in [-0.2, 0) is 4.79 Å². The Labute approximate surface area is 124 Å². The molecule has 0 bridgehead atoms. The molecule has 0 spiro atoms. The number of alkyl halides is 1. The van der Waals surface area contributed by atoms with Crippen LogP contribution in [0.2, 0.25) is 10.0 Å². The van der Waals surface area contributed by atoms with Gasteiger partial charge in [0, 0.05) is 16.8 Å². The SMILES string of the molecule is O=C(CCCCCl)Nc1c(Cl)cc(Br)cc1Cl. The van der Waals surface area contributed by atoms with Crippen LogP contribution in [0.5, 0.6) is 0 Å². The molecule has 1 amide bonds. The van der Waals surface area contributed by atoms with Crippen LogP contribution in [0.1, 0.15) is 19.3 Å². The summed E-state index contributed by atoms with van der Waals surface area (Å²) in [6.07, 6.45) is 1.98. The van der Waals surface area contributed by atoms with Crippen LogP contribution in [0.15, 0.2) is 16.6 Å². The summed E-state index contributed by atoms with van der Waals surface area (Å²) in [5.74, 6) is 0.453. The minimum Gasteiger partial charge on any atom is -0.324 e. The van der Waals surface area contributed by atoms with Crippen LogP contribution in [0.3, 0.4) is 0 Å². The van der Waals surface area contributed by atoms with E-state index in [1.165, 1.54) is 0 Å². The summed E-state index contributed by atoms with van der Waals surface area (Å²) in [6.45, 7) is 0. The van der Waals surface area contributed by atoms with Crippen LogP contribution in [0, 0.1) is 0 Å². The van der Waals surface area contributed by atoms with E-state index in [9.17, 15) is 4.79 Å². The van der Waals surface area contributed by atoms with E-state index in [0.29, 0.717) is 28.0 Å². The molecule has 0 atom stereocenters. The molecule has 6 heteroatoms. The van der Waals surface area contributed by atoms with Crippen molar-refractivity contribution >= 4 is 62.3 Å². The Kier molecular flexibility index (Phi) is 6.63. The summed E-state index contributed by atoms with van der Waals surface area (Å²) >= 11 is 20.8. The molecule has 0 aliphatic carbocycles. The largest absolute Gasteiger partial charge is 0.324 e. The Balaban J connectivity index is 2.65. The Morgan fingerprint density at radius 1 is 1.24 bits per heavy atom. The molecule has 0 saturated heterocycles. The summed E-state index contributed by atoms with van der Waals surface area (Å²) in [6, 6.07) is 3.36. The Bertz CT molecular complexity index is 389. The van der Waals surface area contributed by atoms with E-state index in [2.05, 4.69) is 21.2 Å². The Morgan fingerprint density at radius 3 is 2.35 bits per heavy atom. The van der Waals surface area contributed by atoms with Crippen molar-refractivity contribution in [1.82, 2.24) is 0 Å². The van der Waals surface area contributed by atoms with Gasteiger partial charge in [0.1, 0.15) is 0 Å². The Morgan fingerprint density at radius 2 is 1.82 bits per heavy atom. The van der Waals surface area contributed by atoms with Gasteiger partial charge in [-0.05, 0) is 25.0 Å². The standard InChI is InChI=1S/C11H11BrCl3NO/c12-7-5-8(14)11(9(15)6-7)16-10(17)3-1-2-4-13/h5-6H,1-4H2,(H,16,17). The molecule has 0 fully saturated rings. The summed E-state index contributed by atoms with van der Waals surface area (Å²) in [4.78, 5) is 11.6. The van der Waals surface area contributed by atoms with Gasteiger partial charge in [-0.2, -0.15) is 0 Å². The molecule has 1 rings (SSSR count). The van der Waals surface area contributed by atoms with E-state index < -0.39 is 0 Å². The molecule has 2 nitrogen and oxygen atoms in total. The van der Waals surface area contributed by atoms with Crippen LogP contribution in [-0.4, -0.2) is 11.8 Å². The van der Waals surface area contributed by atoms with Crippen molar-refractivity contribution in [1.29, 1.82) is 0 Å². The number of rotatable bonds is 5. The van der Waals surface area contributed by atoms with Crippen molar-refractivity contribution in [2.75, 3.05) is 11.2 Å². The highest BCUT2D eigenvalue weighted by atomic mass is 79.9. The maximum absolute atomic E-state index is 11.6. The third-order valence-corrected chi connectivity index (χ3v) is 3.38. The summed E-state index contributed by atoms with van der Waals surface area (Å²) in [5.41, 5.74) is 0.451. The molecule has 0 heterocycles. The monoisotopic (exact) mass is 357 g/mol. The molecule has 0 saturated carbocycles. The van der Waals surface area contributed by atoms with Crippen molar-refractivity contribution in [2.24, 2.45) is 0 Å². The molecule has 1 aromatic rings. The van der Waals surface area contributed by atoms with Crippen LogP contribution < -0.4 is 5.32 Å². The number of anilines is 1. The summed E-state index contributed by atoms with van der Waals surface area (Å²) < 4.78 is 0.771. The average Bonchev–Trinajstić information content (AvgIpc) is 2.24. The Hall–Kier alpha value is 0.0400. The minimum absolute atomic E-state index is 0.110. The predicted molar refractivity (Wildman–Crippen MR) is 77.4 cm³/mol. The number of amides is 1. The fourth-order valence-corrected chi connectivity index (χ4v) is 2.74. The van der Waals surface area contributed by atoms with Crippen LogP contribution in [0.25, 0.3) is 0 Å². The molecule has 0 unspecified atom stereocenters. The summed E-state index contributed by atoms with van der Waals surface area (Å²) in [5, 5.41) is 3.52. The average molecular weight is 359 g/mol. The zero-order chi connectivity index (χ0) is 12.8. The van der Waals surface area contributed by atoms with Crippen molar-refractivity contribution in [3.8, 4) is 0 Å². The lowest BCUT2D eigenvalue weighted by molar-refractivity contribution is -0.116. The van der Waals surface area contributed by atoms with Gasteiger partial charge >= 0.3 is 0 Å². The van der Waals surface area contributed by atoms with Gasteiger partial charge in [-0.15, -0.1) is 11.6 Å². The number of carbonyl (C=O) groups excluding carboxylic acids is 1. The fraction of sp³-hybridized carbons (Fsp3) is 0.364. The topological polar surface area (TPSA) is 29.1 Å². The molecule has 0 aliphatic rings. The van der Waals surface area contributed by atoms with Crippen LogP contribution in [0.4, 0.5) is 5.69 Å². The molecule has 0 aliphatic heterocycles. The van der Waals surface area contributed by atoms with Gasteiger partial charge in [0.05, 0.1) is 15.7 Å². The van der Waals surface area contributed by atoms with Crippen molar-refractivity contribution in [2.45, 2.75) is 19.3 Å². The number of halogens is 4. The molecular formula is C11H11BrCl3NO. The zero-order valence-electron chi connectivity index (χ0n) is 8.90. The maximum Gasteiger partial charge on any atom is 0.224 e. The van der Waals surface area contributed by atoms with Gasteiger partial charge in [-0.1, -0.05) is 39.1 Å². The normalized spacial score (nSPS) is 10.4. The minimum atomic E-state index is -0.110. The first-order valence-corrected chi connectivity index (χ1v) is 7.13. The smallest absolute Gasteiger partial charge is 0.224 e. The number of unbranched alkanes of at least 4 members (excludes halogenated alkanes) is 1. The number of benzene rings is 1. The summed E-state index contributed by atoms with van der Waals surface area (Å²) in [7, 11) is 0. The third kappa shape index (κ3) is 5.04. The molecule has 17 heavy (non-hydrogen) atoms. The van der Waals surface area contributed by atoms with Gasteiger partial charge in [0.15, 0.2) is 0 Å². The lowest BCUT2D eigenvalue weighted by Gasteiger charge is -2.09. The van der Waals surface area contributed by atoms with E-state index in [1.807, 2.05) is 0 Å². The fourth-order valence-electron chi connectivity index (χ4n) is 1.24. The van der Waals surface area contributed by atoms with Gasteiger partial charge in [0.25, 0.3) is 0 Å². The van der Waals surface area contributed by atoms with E-state index in [0.717, 1.165) is 17.3 Å². The second kappa shape index (κ2) is 7.47. The van der Waals surface area contributed by atoms with E-state index >= 15 is 0 Å². The number of hydrogen-bond acceptors (Lipinski definition) is 1. The van der Waals surface area contributed by atoms with Crippen molar-refractivity contribution < 1.29 is 4.79 Å². The molecule has 94 valence electrons. The predicted octanol–water partition coefficient (Wildman–Crippen LogP) is 5.10. The van der Waals surface area contributed by atoms with Crippen molar-refractivity contribution in [3.05, 3.63) is 26.7 Å². The van der Waals surface area contributed by atoms with Crippen LogP contribution >= 0.6 is 50.7 Å². The first-order valence-electron chi connectivity index (χ1n) is 5.05. The quantitative estimate of drug-likeness (QED) is 0.575. The molecule has 1 aromatic carbocycles. The zero-order valence-corrected chi connectivity index (χ0v) is 12.8. The first kappa shape index (κ1) is 15.1. The lowest BCUT2D eigenvalue weighted by Crippen LogP contribution is -2.12. The number of nitrogens with one attached hydrogen (secondary N) is 1. The molecule has 0 aromatic heterocycles. The second-order valence-electron chi connectivity index (χ2n) is 3.44. The third-order valence-electron chi connectivity index (χ3n) is 2.06. The number of hydrogen-bond donors (Lipinski definition) is 1.